The molecule has 1 aromatic rings. The van der Waals surface area contributed by atoms with Crippen molar-refractivity contribution in [2.24, 2.45) is 11.8 Å². The fourth-order valence-electron chi connectivity index (χ4n) is 2.03. The first-order valence-corrected chi connectivity index (χ1v) is 4.94. The van der Waals surface area contributed by atoms with Crippen LogP contribution in [-0.2, 0) is 0 Å². The summed E-state index contributed by atoms with van der Waals surface area (Å²) in [4.78, 5) is 0. The van der Waals surface area contributed by atoms with Gasteiger partial charge < -0.3 is 9.52 Å². The molecule has 0 radical (unpaired) electrons. The second kappa shape index (κ2) is 3.18. The molecule has 0 bridgehead atoms. The van der Waals surface area contributed by atoms with Gasteiger partial charge in [-0.3, -0.25) is 0 Å². The van der Waals surface area contributed by atoms with Crippen LogP contribution >= 0.6 is 0 Å². The van der Waals surface area contributed by atoms with Gasteiger partial charge in [-0.15, -0.1) is 0 Å². The lowest BCUT2D eigenvalue weighted by Gasteiger charge is -2.08. The Morgan fingerprint density at radius 3 is 2.85 bits per heavy atom. The third-order valence-electron chi connectivity index (χ3n) is 3.12. The third-order valence-corrected chi connectivity index (χ3v) is 3.12. The summed E-state index contributed by atoms with van der Waals surface area (Å²) in [6.45, 7) is 4.16. The highest BCUT2D eigenvalue weighted by atomic mass is 16.3. The van der Waals surface area contributed by atoms with Gasteiger partial charge in [0.1, 0.15) is 0 Å². The molecule has 2 nitrogen and oxygen atoms in total. The van der Waals surface area contributed by atoms with E-state index in [1.165, 1.54) is 12.8 Å². The van der Waals surface area contributed by atoms with Crippen LogP contribution in [0.1, 0.15) is 37.0 Å². The first-order valence-electron chi connectivity index (χ1n) is 4.94. The summed E-state index contributed by atoms with van der Waals surface area (Å²) in [5, 5.41) is 9.97. The van der Waals surface area contributed by atoms with Gasteiger partial charge in [-0.1, -0.05) is 13.3 Å². The van der Waals surface area contributed by atoms with Gasteiger partial charge in [-0.25, -0.2) is 0 Å². The van der Waals surface area contributed by atoms with E-state index in [1.54, 1.807) is 12.5 Å². The van der Waals surface area contributed by atoms with Gasteiger partial charge in [0.25, 0.3) is 0 Å². The standard InChI is InChI=1S/C11H16O2/c1-3-8-4-9(8)11(12)10-6-13-5-7(10)2/h5-6,8-9,11-12H,3-4H2,1-2H3. The average molecular weight is 180 g/mol. The quantitative estimate of drug-likeness (QED) is 0.775. The van der Waals surface area contributed by atoms with Gasteiger partial charge >= 0.3 is 0 Å². The van der Waals surface area contributed by atoms with E-state index < -0.39 is 0 Å². The second-order valence-electron chi connectivity index (χ2n) is 4.02. The normalized spacial score (nSPS) is 28.8. The molecule has 0 amide bonds. The Morgan fingerprint density at radius 1 is 1.62 bits per heavy atom. The van der Waals surface area contributed by atoms with Crippen LogP contribution in [0.2, 0.25) is 0 Å². The molecule has 0 aliphatic heterocycles. The molecule has 2 rings (SSSR count). The predicted octanol–water partition coefficient (Wildman–Crippen LogP) is 2.67. The minimum atomic E-state index is -0.302. The molecule has 1 saturated carbocycles. The molecular weight excluding hydrogens is 164 g/mol. The lowest BCUT2D eigenvalue weighted by molar-refractivity contribution is 0.145. The summed E-state index contributed by atoms with van der Waals surface area (Å²) in [5.74, 6) is 1.20. The number of rotatable bonds is 3. The first-order chi connectivity index (χ1) is 6.24. The highest BCUT2D eigenvalue weighted by Gasteiger charge is 2.42. The molecule has 0 saturated heterocycles. The summed E-state index contributed by atoms with van der Waals surface area (Å²) in [5.41, 5.74) is 2.04. The molecule has 72 valence electrons. The number of aliphatic hydroxyl groups excluding tert-OH is 1. The van der Waals surface area contributed by atoms with Crippen molar-refractivity contribution < 1.29 is 9.52 Å². The Balaban J connectivity index is 2.06. The van der Waals surface area contributed by atoms with Crippen molar-refractivity contribution >= 4 is 0 Å². The van der Waals surface area contributed by atoms with Crippen molar-refractivity contribution in [3.8, 4) is 0 Å². The minimum Gasteiger partial charge on any atom is -0.472 e. The molecule has 0 spiro atoms. The molecule has 1 N–H and O–H groups in total. The summed E-state index contributed by atoms with van der Waals surface area (Å²) in [6.07, 6.45) is 5.41. The number of hydrogen-bond acceptors (Lipinski definition) is 2. The van der Waals surface area contributed by atoms with Gasteiger partial charge in [-0.2, -0.15) is 0 Å². The van der Waals surface area contributed by atoms with E-state index in [-0.39, 0.29) is 6.10 Å². The van der Waals surface area contributed by atoms with Gasteiger partial charge in [-0.05, 0) is 30.7 Å². The Bertz CT molecular complexity index is 290. The van der Waals surface area contributed by atoms with E-state index in [1.807, 2.05) is 6.92 Å². The molecule has 3 unspecified atom stereocenters. The van der Waals surface area contributed by atoms with E-state index >= 15 is 0 Å². The van der Waals surface area contributed by atoms with Crippen molar-refractivity contribution in [3.63, 3.8) is 0 Å². The largest absolute Gasteiger partial charge is 0.472 e. The fraction of sp³-hybridized carbons (Fsp3) is 0.636. The lowest BCUT2D eigenvalue weighted by atomic mass is 10.0. The fourth-order valence-corrected chi connectivity index (χ4v) is 2.03. The van der Waals surface area contributed by atoms with Crippen molar-refractivity contribution in [2.75, 3.05) is 0 Å². The molecule has 1 aliphatic rings. The lowest BCUT2D eigenvalue weighted by Crippen LogP contribution is -2.01. The number of aliphatic hydroxyl groups is 1. The maximum atomic E-state index is 9.97. The molecule has 1 fully saturated rings. The van der Waals surface area contributed by atoms with Crippen molar-refractivity contribution in [1.29, 1.82) is 0 Å². The van der Waals surface area contributed by atoms with Gasteiger partial charge in [0.2, 0.25) is 0 Å². The van der Waals surface area contributed by atoms with E-state index in [0.717, 1.165) is 17.0 Å². The Hall–Kier alpha value is -0.760. The molecule has 1 aliphatic carbocycles. The van der Waals surface area contributed by atoms with E-state index in [9.17, 15) is 5.11 Å². The van der Waals surface area contributed by atoms with E-state index in [4.69, 9.17) is 4.42 Å². The van der Waals surface area contributed by atoms with Gasteiger partial charge in [0.15, 0.2) is 0 Å². The van der Waals surface area contributed by atoms with Crippen LogP contribution in [0, 0.1) is 18.8 Å². The summed E-state index contributed by atoms with van der Waals surface area (Å²) < 4.78 is 5.05. The maximum Gasteiger partial charge on any atom is 0.0963 e. The number of furan rings is 1. The van der Waals surface area contributed by atoms with Crippen LogP contribution in [-0.4, -0.2) is 5.11 Å². The molecule has 1 aromatic heterocycles. The summed E-state index contributed by atoms with van der Waals surface area (Å²) in [7, 11) is 0. The highest BCUT2D eigenvalue weighted by molar-refractivity contribution is 5.23. The highest BCUT2D eigenvalue weighted by Crippen LogP contribution is 2.49. The van der Waals surface area contributed by atoms with E-state index in [0.29, 0.717) is 5.92 Å². The van der Waals surface area contributed by atoms with Crippen molar-refractivity contribution in [1.82, 2.24) is 0 Å². The van der Waals surface area contributed by atoms with Crippen LogP contribution in [0.3, 0.4) is 0 Å². The topological polar surface area (TPSA) is 33.4 Å². The zero-order valence-electron chi connectivity index (χ0n) is 8.16. The van der Waals surface area contributed by atoms with Crippen molar-refractivity contribution in [2.45, 2.75) is 32.8 Å². The molecule has 1 heterocycles. The Kier molecular flexibility index (Phi) is 2.16. The maximum absolute atomic E-state index is 9.97. The smallest absolute Gasteiger partial charge is 0.0963 e. The first kappa shape index (κ1) is 8.82. The molecule has 2 heteroatoms. The summed E-state index contributed by atoms with van der Waals surface area (Å²) >= 11 is 0. The van der Waals surface area contributed by atoms with E-state index in [2.05, 4.69) is 6.92 Å². The Morgan fingerprint density at radius 2 is 2.38 bits per heavy atom. The van der Waals surface area contributed by atoms with Crippen molar-refractivity contribution in [3.05, 3.63) is 23.7 Å². The van der Waals surface area contributed by atoms with Crippen LogP contribution in [0.15, 0.2) is 16.9 Å². The zero-order valence-corrected chi connectivity index (χ0v) is 8.16. The SMILES string of the molecule is CCC1CC1C(O)c1cocc1C. The number of hydrogen-bond donors (Lipinski definition) is 1. The third kappa shape index (κ3) is 1.51. The zero-order chi connectivity index (χ0) is 9.42. The molecule has 0 aromatic carbocycles. The monoisotopic (exact) mass is 180 g/mol. The molecule has 13 heavy (non-hydrogen) atoms. The van der Waals surface area contributed by atoms with Crippen LogP contribution in [0.4, 0.5) is 0 Å². The number of aryl methyl sites for hydroxylation is 1. The van der Waals surface area contributed by atoms with Gasteiger partial charge in [0, 0.05) is 5.56 Å². The van der Waals surface area contributed by atoms with Gasteiger partial charge in [0.05, 0.1) is 18.6 Å². The van der Waals surface area contributed by atoms with Crippen LogP contribution < -0.4 is 0 Å². The van der Waals surface area contributed by atoms with Crippen LogP contribution in [0.5, 0.6) is 0 Å². The van der Waals surface area contributed by atoms with Crippen LogP contribution in [0.25, 0.3) is 0 Å². The molecular formula is C11H16O2. The minimum absolute atomic E-state index is 0.302. The second-order valence-corrected chi connectivity index (χ2v) is 4.02. The summed E-state index contributed by atoms with van der Waals surface area (Å²) in [6, 6.07) is 0. The molecule has 3 atom stereocenters. The Labute approximate surface area is 78.6 Å². The predicted molar refractivity (Wildman–Crippen MR) is 50.3 cm³/mol. The average Bonchev–Trinajstić information content (AvgIpc) is 2.80.